The van der Waals surface area contributed by atoms with Crippen LogP contribution in [0.1, 0.15) is 38.3 Å². The quantitative estimate of drug-likeness (QED) is 0.422. The second-order valence-corrected chi connectivity index (χ2v) is 7.92. The van der Waals surface area contributed by atoms with E-state index in [0.29, 0.717) is 24.2 Å². The van der Waals surface area contributed by atoms with E-state index in [1.165, 1.54) is 11.6 Å². The molecule has 0 saturated carbocycles. The molecule has 4 rings (SSSR count). The summed E-state index contributed by atoms with van der Waals surface area (Å²) >= 11 is 0. The van der Waals surface area contributed by atoms with E-state index in [-0.39, 0.29) is 18.1 Å². The van der Waals surface area contributed by atoms with Crippen molar-refractivity contribution in [2.75, 3.05) is 0 Å². The molecule has 0 fully saturated rings. The third-order valence-corrected chi connectivity index (χ3v) is 5.57. The molecular weight excluding hydrogens is 391 g/mol. The fraction of sp³-hybridized carbons (Fsp3) is 0.192. The van der Waals surface area contributed by atoms with Gasteiger partial charge in [0.25, 0.3) is 0 Å². The highest BCUT2D eigenvalue weighted by Crippen LogP contribution is 2.29. The molecule has 0 radical (unpaired) electrons. The number of halogens is 1. The van der Waals surface area contributed by atoms with Gasteiger partial charge in [-0.2, -0.15) is 0 Å². The summed E-state index contributed by atoms with van der Waals surface area (Å²) in [4.78, 5) is 12.3. The zero-order valence-electron chi connectivity index (χ0n) is 17.7. The average molecular weight is 416 g/mol. The van der Waals surface area contributed by atoms with Gasteiger partial charge in [0.15, 0.2) is 0 Å². The largest absolute Gasteiger partial charge is 0.477 e. The first kappa shape index (κ1) is 20.8. The molecule has 5 heteroatoms. The Morgan fingerprint density at radius 2 is 1.68 bits per heavy atom. The van der Waals surface area contributed by atoms with Crippen LogP contribution in [-0.4, -0.2) is 15.6 Å². The standard InChI is InChI=1S/C26H25FN2O2/c1-17-7-10-19(11-8-17)14-28-15-22-21-12-9-18(2)13-24(21)29(25(22)26(30)31)16-20-5-3-4-6-23(20)27/h3-13,28H,14-16H2,1-2H3,(H,30,31). The summed E-state index contributed by atoms with van der Waals surface area (Å²) in [5, 5.41) is 14.3. The lowest BCUT2D eigenvalue weighted by Crippen LogP contribution is -2.17. The Labute approximate surface area is 181 Å². The summed E-state index contributed by atoms with van der Waals surface area (Å²) in [6.07, 6.45) is 0. The molecule has 0 atom stereocenters. The Morgan fingerprint density at radius 3 is 2.39 bits per heavy atom. The first-order valence-electron chi connectivity index (χ1n) is 10.3. The molecule has 1 aromatic heterocycles. The van der Waals surface area contributed by atoms with Crippen LogP contribution in [0.2, 0.25) is 0 Å². The third-order valence-electron chi connectivity index (χ3n) is 5.57. The lowest BCUT2D eigenvalue weighted by Gasteiger charge is -2.11. The van der Waals surface area contributed by atoms with Gasteiger partial charge in [-0.1, -0.05) is 60.2 Å². The smallest absolute Gasteiger partial charge is 0.352 e. The van der Waals surface area contributed by atoms with Crippen LogP contribution < -0.4 is 5.32 Å². The predicted octanol–water partition coefficient (Wildman–Crippen LogP) is 5.43. The SMILES string of the molecule is Cc1ccc(CNCc2c(C(=O)O)n(Cc3ccccc3F)c3cc(C)ccc23)cc1. The number of nitrogens with one attached hydrogen (secondary N) is 1. The first-order chi connectivity index (χ1) is 14.9. The minimum Gasteiger partial charge on any atom is -0.477 e. The normalized spacial score (nSPS) is 11.2. The van der Waals surface area contributed by atoms with E-state index in [4.69, 9.17) is 0 Å². The fourth-order valence-corrected chi connectivity index (χ4v) is 3.95. The van der Waals surface area contributed by atoms with Crippen LogP contribution >= 0.6 is 0 Å². The average Bonchev–Trinajstić information content (AvgIpc) is 3.04. The number of nitrogens with zero attached hydrogens (tertiary/aromatic N) is 1. The van der Waals surface area contributed by atoms with Crippen molar-refractivity contribution < 1.29 is 14.3 Å². The van der Waals surface area contributed by atoms with E-state index < -0.39 is 5.97 Å². The lowest BCUT2D eigenvalue weighted by molar-refractivity contribution is 0.0684. The highest BCUT2D eigenvalue weighted by Gasteiger charge is 2.23. The van der Waals surface area contributed by atoms with Crippen LogP contribution in [0.15, 0.2) is 66.7 Å². The van der Waals surface area contributed by atoms with Crippen molar-refractivity contribution in [2.45, 2.75) is 33.5 Å². The monoisotopic (exact) mass is 416 g/mol. The Bertz CT molecular complexity index is 1240. The topological polar surface area (TPSA) is 54.3 Å². The van der Waals surface area contributed by atoms with E-state index in [9.17, 15) is 14.3 Å². The van der Waals surface area contributed by atoms with Crippen LogP contribution in [0, 0.1) is 19.7 Å². The van der Waals surface area contributed by atoms with Crippen molar-refractivity contribution >= 4 is 16.9 Å². The molecule has 0 bridgehead atoms. The van der Waals surface area contributed by atoms with E-state index in [0.717, 1.165) is 22.0 Å². The van der Waals surface area contributed by atoms with Crippen molar-refractivity contribution in [3.8, 4) is 0 Å². The van der Waals surface area contributed by atoms with Gasteiger partial charge in [0, 0.05) is 35.1 Å². The van der Waals surface area contributed by atoms with Crippen molar-refractivity contribution in [3.63, 3.8) is 0 Å². The van der Waals surface area contributed by atoms with Crippen LogP contribution in [-0.2, 0) is 19.6 Å². The molecule has 31 heavy (non-hydrogen) atoms. The summed E-state index contributed by atoms with van der Waals surface area (Å²) in [6, 6.07) is 20.6. The van der Waals surface area contributed by atoms with Gasteiger partial charge in [-0.3, -0.25) is 0 Å². The molecule has 0 saturated heterocycles. The van der Waals surface area contributed by atoms with Crippen molar-refractivity contribution in [1.29, 1.82) is 0 Å². The molecule has 3 aromatic carbocycles. The number of rotatable bonds is 7. The van der Waals surface area contributed by atoms with Crippen molar-refractivity contribution in [3.05, 3.63) is 106 Å². The Hall–Kier alpha value is -3.44. The minimum absolute atomic E-state index is 0.159. The number of fused-ring (bicyclic) bond motifs is 1. The van der Waals surface area contributed by atoms with Gasteiger partial charge >= 0.3 is 5.97 Å². The van der Waals surface area contributed by atoms with Crippen LogP contribution in [0.4, 0.5) is 4.39 Å². The third kappa shape index (κ3) is 4.37. The van der Waals surface area contributed by atoms with E-state index in [2.05, 4.69) is 29.6 Å². The predicted molar refractivity (Wildman–Crippen MR) is 121 cm³/mol. The molecule has 0 aliphatic rings. The van der Waals surface area contributed by atoms with Gasteiger partial charge in [-0.15, -0.1) is 0 Å². The second-order valence-electron chi connectivity index (χ2n) is 7.92. The van der Waals surface area contributed by atoms with Gasteiger partial charge in [-0.05, 0) is 37.1 Å². The van der Waals surface area contributed by atoms with Gasteiger partial charge < -0.3 is 15.0 Å². The number of carboxylic acid groups (broad SMARTS) is 1. The maximum atomic E-state index is 14.3. The zero-order valence-corrected chi connectivity index (χ0v) is 17.7. The van der Waals surface area contributed by atoms with E-state index in [1.807, 2.05) is 32.0 Å². The number of aryl methyl sites for hydroxylation is 2. The van der Waals surface area contributed by atoms with Crippen LogP contribution in [0.3, 0.4) is 0 Å². The van der Waals surface area contributed by atoms with Gasteiger partial charge in [0.2, 0.25) is 0 Å². The fourth-order valence-electron chi connectivity index (χ4n) is 3.95. The highest BCUT2D eigenvalue weighted by atomic mass is 19.1. The Balaban J connectivity index is 1.73. The number of benzene rings is 3. The molecule has 0 spiro atoms. The maximum Gasteiger partial charge on any atom is 0.352 e. The second kappa shape index (κ2) is 8.74. The molecule has 2 N–H and O–H groups in total. The number of aromatic carboxylic acids is 1. The molecule has 0 amide bonds. The molecule has 4 aromatic rings. The lowest BCUT2D eigenvalue weighted by atomic mass is 10.1. The Morgan fingerprint density at radius 1 is 0.968 bits per heavy atom. The number of aromatic nitrogens is 1. The van der Waals surface area contributed by atoms with Crippen molar-refractivity contribution in [2.24, 2.45) is 0 Å². The molecule has 0 aliphatic carbocycles. The van der Waals surface area contributed by atoms with Crippen LogP contribution in [0.5, 0.6) is 0 Å². The number of carbonyl (C=O) groups is 1. The molecule has 0 unspecified atom stereocenters. The molecule has 4 nitrogen and oxygen atoms in total. The molecule has 1 heterocycles. The van der Waals surface area contributed by atoms with Crippen molar-refractivity contribution in [1.82, 2.24) is 9.88 Å². The van der Waals surface area contributed by atoms with E-state index in [1.54, 1.807) is 22.8 Å². The summed E-state index contributed by atoms with van der Waals surface area (Å²) in [6.45, 7) is 5.20. The van der Waals surface area contributed by atoms with Gasteiger partial charge in [-0.25, -0.2) is 9.18 Å². The molecule has 158 valence electrons. The van der Waals surface area contributed by atoms with Gasteiger partial charge in [0.05, 0.1) is 6.54 Å². The Kier molecular flexibility index (Phi) is 5.87. The van der Waals surface area contributed by atoms with E-state index >= 15 is 0 Å². The number of hydrogen-bond acceptors (Lipinski definition) is 2. The number of carboxylic acids is 1. The minimum atomic E-state index is -1.02. The summed E-state index contributed by atoms with van der Waals surface area (Å²) in [7, 11) is 0. The summed E-state index contributed by atoms with van der Waals surface area (Å²) in [5.41, 5.74) is 5.52. The zero-order chi connectivity index (χ0) is 22.0. The summed E-state index contributed by atoms with van der Waals surface area (Å²) in [5.74, 6) is -1.36. The maximum absolute atomic E-state index is 14.3. The van der Waals surface area contributed by atoms with Crippen LogP contribution in [0.25, 0.3) is 10.9 Å². The molecule has 0 aliphatic heterocycles. The highest BCUT2D eigenvalue weighted by molar-refractivity contribution is 5.98. The molecular formula is C26H25FN2O2. The first-order valence-corrected chi connectivity index (χ1v) is 10.3. The summed E-state index contributed by atoms with van der Waals surface area (Å²) < 4.78 is 16.1. The van der Waals surface area contributed by atoms with Gasteiger partial charge in [0.1, 0.15) is 11.5 Å². The number of hydrogen-bond donors (Lipinski definition) is 2.